The van der Waals surface area contributed by atoms with Crippen molar-refractivity contribution in [3.8, 4) is 11.3 Å². The SMILES string of the molecule is Cc1nc(-c2ccc(Cl)cc2)ccc1NC(=O)Nc1cccc(S(N)(=O)=O)c1. The molecule has 4 N–H and O–H groups in total. The maximum atomic E-state index is 12.2. The van der Waals surface area contributed by atoms with Crippen molar-refractivity contribution < 1.29 is 13.2 Å². The van der Waals surface area contributed by atoms with E-state index in [1.165, 1.54) is 18.2 Å². The van der Waals surface area contributed by atoms with Gasteiger partial charge in [0.1, 0.15) is 0 Å². The molecular formula is C19H17ClN4O3S. The Morgan fingerprint density at radius 1 is 1.04 bits per heavy atom. The normalized spacial score (nSPS) is 11.1. The molecule has 9 heteroatoms. The number of anilines is 2. The second-order valence-corrected chi connectivity index (χ2v) is 7.99. The molecule has 2 aromatic carbocycles. The Morgan fingerprint density at radius 2 is 1.75 bits per heavy atom. The van der Waals surface area contributed by atoms with Crippen LogP contribution >= 0.6 is 11.6 Å². The molecule has 0 bridgehead atoms. The number of aromatic nitrogens is 1. The zero-order valence-electron chi connectivity index (χ0n) is 14.8. The van der Waals surface area contributed by atoms with Crippen LogP contribution in [0.4, 0.5) is 16.2 Å². The smallest absolute Gasteiger partial charge is 0.308 e. The largest absolute Gasteiger partial charge is 0.323 e. The summed E-state index contributed by atoms with van der Waals surface area (Å²) in [6, 6.07) is 16.0. The lowest BCUT2D eigenvalue weighted by molar-refractivity contribution is 0.262. The summed E-state index contributed by atoms with van der Waals surface area (Å²) < 4.78 is 22.8. The summed E-state index contributed by atoms with van der Waals surface area (Å²) in [6.07, 6.45) is 0. The fraction of sp³-hybridized carbons (Fsp3) is 0.0526. The highest BCUT2D eigenvalue weighted by atomic mass is 35.5. The van der Waals surface area contributed by atoms with Gasteiger partial charge < -0.3 is 10.6 Å². The molecule has 1 aromatic heterocycles. The molecule has 3 rings (SSSR count). The van der Waals surface area contributed by atoms with E-state index < -0.39 is 16.1 Å². The predicted molar refractivity (Wildman–Crippen MR) is 110 cm³/mol. The number of nitrogens with zero attached hydrogens (tertiary/aromatic N) is 1. The van der Waals surface area contributed by atoms with Crippen molar-refractivity contribution in [2.24, 2.45) is 5.14 Å². The van der Waals surface area contributed by atoms with E-state index >= 15 is 0 Å². The summed E-state index contributed by atoms with van der Waals surface area (Å²) >= 11 is 5.90. The van der Waals surface area contributed by atoms with Crippen LogP contribution in [0.15, 0.2) is 65.6 Å². The molecule has 2 amide bonds. The van der Waals surface area contributed by atoms with E-state index in [4.69, 9.17) is 16.7 Å². The monoisotopic (exact) mass is 416 g/mol. The number of amides is 2. The zero-order chi connectivity index (χ0) is 20.3. The summed E-state index contributed by atoms with van der Waals surface area (Å²) in [5, 5.41) is 11.0. The Morgan fingerprint density at radius 3 is 2.39 bits per heavy atom. The summed E-state index contributed by atoms with van der Waals surface area (Å²) in [7, 11) is -3.85. The van der Waals surface area contributed by atoms with Gasteiger partial charge in [0, 0.05) is 16.3 Å². The van der Waals surface area contributed by atoms with Gasteiger partial charge in [0.2, 0.25) is 10.0 Å². The minimum absolute atomic E-state index is 0.0875. The number of hydrogen-bond donors (Lipinski definition) is 3. The first-order chi connectivity index (χ1) is 13.2. The fourth-order valence-corrected chi connectivity index (χ4v) is 3.20. The van der Waals surface area contributed by atoms with Gasteiger partial charge in [-0.3, -0.25) is 4.98 Å². The highest BCUT2D eigenvalue weighted by Gasteiger charge is 2.11. The van der Waals surface area contributed by atoms with Crippen LogP contribution in [0, 0.1) is 6.92 Å². The maximum Gasteiger partial charge on any atom is 0.323 e. The molecule has 7 nitrogen and oxygen atoms in total. The molecule has 0 fully saturated rings. The number of pyridine rings is 1. The van der Waals surface area contributed by atoms with E-state index in [-0.39, 0.29) is 4.90 Å². The highest BCUT2D eigenvalue weighted by Crippen LogP contribution is 2.23. The molecule has 0 radical (unpaired) electrons. The lowest BCUT2D eigenvalue weighted by atomic mass is 10.1. The Labute approximate surface area is 167 Å². The Balaban J connectivity index is 1.73. The van der Waals surface area contributed by atoms with Gasteiger partial charge in [-0.1, -0.05) is 29.8 Å². The van der Waals surface area contributed by atoms with Crippen molar-refractivity contribution in [1.82, 2.24) is 4.98 Å². The van der Waals surface area contributed by atoms with Crippen molar-refractivity contribution in [3.05, 3.63) is 71.4 Å². The number of urea groups is 1. The summed E-state index contributed by atoms with van der Waals surface area (Å²) in [5.74, 6) is 0. The van der Waals surface area contributed by atoms with Gasteiger partial charge in [0.05, 0.1) is 22.0 Å². The molecule has 144 valence electrons. The van der Waals surface area contributed by atoms with Gasteiger partial charge in [-0.05, 0) is 49.4 Å². The van der Waals surface area contributed by atoms with Crippen LogP contribution in [0.2, 0.25) is 5.02 Å². The second kappa shape index (κ2) is 7.97. The minimum Gasteiger partial charge on any atom is -0.308 e. The first-order valence-electron chi connectivity index (χ1n) is 8.17. The van der Waals surface area contributed by atoms with Crippen LogP contribution in [-0.2, 0) is 10.0 Å². The van der Waals surface area contributed by atoms with E-state index in [2.05, 4.69) is 15.6 Å². The van der Waals surface area contributed by atoms with Gasteiger partial charge in [-0.25, -0.2) is 18.4 Å². The van der Waals surface area contributed by atoms with Crippen LogP contribution in [0.25, 0.3) is 11.3 Å². The first kappa shape index (κ1) is 19.8. The second-order valence-electron chi connectivity index (χ2n) is 5.99. The van der Waals surface area contributed by atoms with Gasteiger partial charge in [-0.2, -0.15) is 0 Å². The summed E-state index contributed by atoms with van der Waals surface area (Å²) in [5.41, 5.74) is 3.11. The van der Waals surface area contributed by atoms with Crippen LogP contribution in [0.5, 0.6) is 0 Å². The number of nitrogens with two attached hydrogens (primary N) is 1. The number of aryl methyl sites for hydroxylation is 1. The van der Waals surface area contributed by atoms with E-state index in [0.717, 1.165) is 11.3 Å². The lowest BCUT2D eigenvalue weighted by Gasteiger charge is -2.11. The maximum absolute atomic E-state index is 12.2. The van der Waals surface area contributed by atoms with Gasteiger partial charge >= 0.3 is 6.03 Å². The summed E-state index contributed by atoms with van der Waals surface area (Å²) in [6.45, 7) is 1.77. The fourth-order valence-electron chi connectivity index (χ4n) is 2.51. The van der Waals surface area contributed by atoms with Crippen LogP contribution < -0.4 is 15.8 Å². The molecule has 28 heavy (non-hydrogen) atoms. The number of sulfonamides is 1. The van der Waals surface area contributed by atoms with Crippen molar-refractivity contribution in [1.29, 1.82) is 0 Å². The van der Waals surface area contributed by atoms with Crippen molar-refractivity contribution in [3.63, 3.8) is 0 Å². The molecule has 0 spiro atoms. The number of primary sulfonamides is 1. The molecule has 0 saturated heterocycles. The minimum atomic E-state index is -3.85. The van der Waals surface area contributed by atoms with Crippen LogP contribution in [0.1, 0.15) is 5.69 Å². The third-order valence-corrected chi connectivity index (χ3v) is 5.06. The van der Waals surface area contributed by atoms with Crippen LogP contribution in [-0.4, -0.2) is 19.4 Å². The third kappa shape index (κ3) is 4.86. The van der Waals surface area contributed by atoms with Crippen molar-refractivity contribution >= 4 is 39.0 Å². The number of nitrogens with one attached hydrogen (secondary N) is 2. The third-order valence-electron chi connectivity index (χ3n) is 3.89. The Bertz CT molecular complexity index is 1130. The average Bonchev–Trinajstić information content (AvgIpc) is 2.63. The lowest BCUT2D eigenvalue weighted by Crippen LogP contribution is -2.20. The number of benzene rings is 2. The van der Waals surface area contributed by atoms with Gasteiger partial charge in [-0.15, -0.1) is 0 Å². The number of carbonyl (C=O) groups is 1. The molecule has 3 aromatic rings. The van der Waals surface area contributed by atoms with E-state index in [1.54, 1.807) is 37.3 Å². The van der Waals surface area contributed by atoms with Crippen molar-refractivity contribution in [2.75, 3.05) is 10.6 Å². The standard InChI is InChI=1S/C19H17ClN4O3S/c1-12-17(9-10-18(22-12)13-5-7-14(20)8-6-13)24-19(25)23-15-3-2-4-16(11-15)28(21,26)27/h2-11H,1H3,(H2,21,26,27)(H2,23,24,25). The average molecular weight is 417 g/mol. The topological polar surface area (TPSA) is 114 Å². The quantitative estimate of drug-likeness (QED) is 0.596. The molecule has 0 aliphatic heterocycles. The Kier molecular flexibility index (Phi) is 5.64. The zero-order valence-corrected chi connectivity index (χ0v) is 16.4. The van der Waals surface area contributed by atoms with E-state index in [1.807, 2.05) is 12.1 Å². The van der Waals surface area contributed by atoms with E-state index in [0.29, 0.717) is 22.1 Å². The number of carbonyl (C=O) groups excluding carboxylic acids is 1. The highest BCUT2D eigenvalue weighted by molar-refractivity contribution is 7.89. The predicted octanol–water partition coefficient (Wildman–Crippen LogP) is 4.00. The number of hydrogen-bond acceptors (Lipinski definition) is 4. The number of rotatable bonds is 4. The van der Waals surface area contributed by atoms with E-state index in [9.17, 15) is 13.2 Å². The molecule has 0 unspecified atom stereocenters. The molecule has 1 heterocycles. The molecular weight excluding hydrogens is 400 g/mol. The van der Waals surface area contributed by atoms with Gasteiger partial charge in [0.15, 0.2) is 0 Å². The molecule has 0 atom stereocenters. The number of halogens is 1. The molecule has 0 aliphatic rings. The van der Waals surface area contributed by atoms with Gasteiger partial charge in [0.25, 0.3) is 0 Å². The molecule has 0 saturated carbocycles. The first-order valence-corrected chi connectivity index (χ1v) is 10.1. The van der Waals surface area contributed by atoms with Crippen LogP contribution in [0.3, 0.4) is 0 Å². The Hall–Kier alpha value is -2.94. The van der Waals surface area contributed by atoms with Crippen molar-refractivity contribution in [2.45, 2.75) is 11.8 Å². The summed E-state index contributed by atoms with van der Waals surface area (Å²) in [4.78, 5) is 16.7. The molecule has 0 aliphatic carbocycles.